The summed E-state index contributed by atoms with van der Waals surface area (Å²) >= 11 is 0. The van der Waals surface area contributed by atoms with Crippen LogP contribution in [0.2, 0.25) is 0 Å². The van der Waals surface area contributed by atoms with E-state index in [-0.39, 0.29) is 0 Å². The van der Waals surface area contributed by atoms with Gasteiger partial charge in [-0.25, -0.2) is 9.97 Å². The van der Waals surface area contributed by atoms with Crippen molar-refractivity contribution in [3.05, 3.63) is 30.1 Å². The molecule has 2 fully saturated rings. The molecule has 2 aliphatic heterocycles. The Morgan fingerprint density at radius 3 is 2.63 bits per heavy atom. The summed E-state index contributed by atoms with van der Waals surface area (Å²) in [7, 11) is 1.80. The van der Waals surface area contributed by atoms with E-state index in [0.717, 1.165) is 56.5 Å². The van der Waals surface area contributed by atoms with Crippen LogP contribution in [0.15, 0.2) is 24.3 Å². The van der Waals surface area contributed by atoms with Crippen LogP contribution in [0.4, 0.5) is 5.82 Å². The van der Waals surface area contributed by atoms with Gasteiger partial charge in [-0.15, -0.1) is 0 Å². The average molecular weight is 369 g/mol. The number of fused-ring (bicyclic) bond motifs is 1. The summed E-state index contributed by atoms with van der Waals surface area (Å²) in [5, 5.41) is 1.19. The van der Waals surface area contributed by atoms with Gasteiger partial charge in [0, 0.05) is 32.1 Å². The summed E-state index contributed by atoms with van der Waals surface area (Å²) in [6.07, 6.45) is 7.70. The van der Waals surface area contributed by atoms with Gasteiger partial charge in [-0.05, 0) is 50.3 Å². The highest BCUT2D eigenvalue weighted by Gasteiger charge is 2.22. The van der Waals surface area contributed by atoms with Crippen LogP contribution in [-0.4, -0.2) is 54.8 Å². The number of methoxy groups -OCH3 is 1. The number of hydrogen-bond acceptors (Lipinski definition) is 5. The molecule has 1 atom stereocenters. The number of anilines is 1. The van der Waals surface area contributed by atoms with Crippen molar-refractivity contribution >= 4 is 16.7 Å². The van der Waals surface area contributed by atoms with Gasteiger partial charge < -0.3 is 9.64 Å². The van der Waals surface area contributed by atoms with E-state index in [9.17, 15) is 0 Å². The molecule has 0 bridgehead atoms. The van der Waals surface area contributed by atoms with Crippen LogP contribution in [0.5, 0.6) is 0 Å². The first-order valence-corrected chi connectivity index (χ1v) is 10.6. The Morgan fingerprint density at radius 2 is 1.81 bits per heavy atom. The Morgan fingerprint density at radius 1 is 1.00 bits per heavy atom. The number of rotatable bonds is 5. The summed E-state index contributed by atoms with van der Waals surface area (Å²) in [6, 6.07) is 8.49. The smallest absolute Gasteiger partial charge is 0.145 e. The number of likely N-dealkylation sites (tertiary alicyclic amines) is 1. The molecule has 1 aromatic heterocycles. The van der Waals surface area contributed by atoms with Crippen LogP contribution in [0.1, 0.15) is 44.3 Å². The van der Waals surface area contributed by atoms with Gasteiger partial charge in [0.1, 0.15) is 11.6 Å². The molecule has 0 N–H and O–H groups in total. The fourth-order valence-corrected chi connectivity index (χ4v) is 4.57. The second kappa shape index (κ2) is 8.98. The van der Waals surface area contributed by atoms with E-state index in [2.05, 4.69) is 34.1 Å². The lowest BCUT2D eigenvalue weighted by Gasteiger charge is -2.32. The predicted octanol–water partition coefficient (Wildman–Crippen LogP) is 3.87. The van der Waals surface area contributed by atoms with Crippen molar-refractivity contribution in [3.63, 3.8) is 0 Å². The zero-order chi connectivity index (χ0) is 18.5. The summed E-state index contributed by atoms with van der Waals surface area (Å²) in [5.74, 6) is 2.74. The molecule has 3 heterocycles. The van der Waals surface area contributed by atoms with Crippen molar-refractivity contribution in [2.75, 3.05) is 44.8 Å². The first-order valence-electron chi connectivity index (χ1n) is 10.6. The van der Waals surface area contributed by atoms with Gasteiger partial charge >= 0.3 is 0 Å². The third-order valence-corrected chi connectivity index (χ3v) is 5.91. The normalized spacial score (nSPS) is 22.1. The third-order valence-electron chi connectivity index (χ3n) is 5.91. The topological polar surface area (TPSA) is 41.5 Å². The van der Waals surface area contributed by atoms with Crippen LogP contribution in [0, 0.1) is 5.92 Å². The highest BCUT2D eigenvalue weighted by molar-refractivity contribution is 5.89. The lowest BCUT2D eigenvalue weighted by Crippen LogP contribution is -2.37. The number of ether oxygens (including phenoxy) is 1. The molecule has 5 nitrogen and oxygen atoms in total. The molecule has 4 rings (SSSR count). The van der Waals surface area contributed by atoms with Crippen molar-refractivity contribution in [3.8, 4) is 0 Å². The summed E-state index contributed by atoms with van der Waals surface area (Å²) in [6.45, 7) is 6.14. The molecular weight excluding hydrogens is 336 g/mol. The minimum atomic E-state index is 0.634. The fourth-order valence-electron chi connectivity index (χ4n) is 4.57. The van der Waals surface area contributed by atoms with Gasteiger partial charge in [-0.1, -0.05) is 25.0 Å². The van der Waals surface area contributed by atoms with Crippen LogP contribution in [-0.2, 0) is 11.3 Å². The minimum absolute atomic E-state index is 0.634. The molecule has 1 aromatic carbocycles. The van der Waals surface area contributed by atoms with E-state index >= 15 is 0 Å². The standard InChI is InChI=1S/C22H32N4O/c1-27-17-18-9-8-12-25(15-18)16-21-23-20-11-5-4-10-19(20)22(24-21)26-13-6-2-3-7-14-26/h4-5,10-11,18H,2-3,6-9,12-17H2,1H3/t18-/m1/s1. The van der Waals surface area contributed by atoms with Crippen LogP contribution in [0.25, 0.3) is 10.9 Å². The zero-order valence-electron chi connectivity index (χ0n) is 16.6. The molecule has 0 spiro atoms. The van der Waals surface area contributed by atoms with E-state index in [0.29, 0.717) is 5.92 Å². The maximum Gasteiger partial charge on any atom is 0.145 e. The maximum absolute atomic E-state index is 5.38. The number of hydrogen-bond donors (Lipinski definition) is 0. The monoisotopic (exact) mass is 368 g/mol. The van der Waals surface area contributed by atoms with E-state index < -0.39 is 0 Å². The Bertz CT molecular complexity index is 740. The first-order chi connectivity index (χ1) is 13.3. The van der Waals surface area contributed by atoms with E-state index in [1.54, 1.807) is 7.11 Å². The maximum atomic E-state index is 5.38. The number of nitrogens with zero attached hydrogens (tertiary/aromatic N) is 4. The van der Waals surface area contributed by atoms with Gasteiger partial charge in [0.2, 0.25) is 0 Å². The van der Waals surface area contributed by atoms with Gasteiger partial charge in [0.25, 0.3) is 0 Å². The predicted molar refractivity (Wildman–Crippen MR) is 110 cm³/mol. The Kier molecular flexibility index (Phi) is 6.20. The molecule has 2 saturated heterocycles. The van der Waals surface area contributed by atoms with Crippen molar-refractivity contribution in [2.24, 2.45) is 5.92 Å². The molecule has 146 valence electrons. The SMILES string of the molecule is COC[C@@H]1CCCN(Cc2nc(N3CCCCCC3)c3ccccc3n2)C1. The molecule has 0 amide bonds. The average Bonchev–Trinajstić information content (AvgIpc) is 2.97. The fraction of sp³-hybridized carbons (Fsp3) is 0.636. The molecule has 2 aromatic rings. The molecule has 27 heavy (non-hydrogen) atoms. The summed E-state index contributed by atoms with van der Waals surface area (Å²) in [4.78, 5) is 15.0. The van der Waals surface area contributed by atoms with Crippen molar-refractivity contribution in [2.45, 2.75) is 45.1 Å². The van der Waals surface area contributed by atoms with Crippen LogP contribution in [0.3, 0.4) is 0 Å². The lowest BCUT2D eigenvalue weighted by molar-refractivity contribution is 0.0862. The van der Waals surface area contributed by atoms with Gasteiger partial charge in [0.05, 0.1) is 18.7 Å². The largest absolute Gasteiger partial charge is 0.384 e. The minimum Gasteiger partial charge on any atom is -0.384 e. The number of aromatic nitrogens is 2. The second-order valence-corrected chi connectivity index (χ2v) is 8.08. The molecule has 0 aliphatic carbocycles. The molecule has 0 unspecified atom stereocenters. The van der Waals surface area contributed by atoms with E-state index in [1.807, 2.05) is 0 Å². The highest BCUT2D eigenvalue weighted by Crippen LogP contribution is 2.27. The molecule has 0 saturated carbocycles. The van der Waals surface area contributed by atoms with Crippen molar-refractivity contribution < 1.29 is 4.74 Å². The number of piperidine rings is 1. The van der Waals surface area contributed by atoms with Gasteiger partial charge in [0.15, 0.2) is 0 Å². The van der Waals surface area contributed by atoms with E-state index in [4.69, 9.17) is 14.7 Å². The molecular formula is C22H32N4O. The van der Waals surface area contributed by atoms with Crippen molar-refractivity contribution in [1.29, 1.82) is 0 Å². The molecule has 0 radical (unpaired) electrons. The van der Waals surface area contributed by atoms with Crippen LogP contribution >= 0.6 is 0 Å². The summed E-state index contributed by atoms with van der Waals surface area (Å²) in [5.41, 5.74) is 1.08. The molecule has 2 aliphatic rings. The second-order valence-electron chi connectivity index (χ2n) is 8.08. The quantitative estimate of drug-likeness (QED) is 0.801. The Hall–Kier alpha value is -1.72. The Balaban J connectivity index is 1.59. The highest BCUT2D eigenvalue weighted by atomic mass is 16.5. The number of para-hydroxylation sites is 1. The first kappa shape index (κ1) is 18.6. The van der Waals surface area contributed by atoms with E-state index in [1.165, 1.54) is 43.9 Å². The lowest BCUT2D eigenvalue weighted by atomic mass is 9.99. The number of benzene rings is 1. The van der Waals surface area contributed by atoms with Gasteiger partial charge in [-0.2, -0.15) is 0 Å². The third kappa shape index (κ3) is 4.58. The zero-order valence-corrected chi connectivity index (χ0v) is 16.6. The van der Waals surface area contributed by atoms with Crippen molar-refractivity contribution in [1.82, 2.24) is 14.9 Å². The van der Waals surface area contributed by atoms with Gasteiger partial charge in [-0.3, -0.25) is 4.90 Å². The van der Waals surface area contributed by atoms with Crippen LogP contribution < -0.4 is 4.90 Å². The Labute approximate surface area is 162 Å². The molecule has 5 heteroatoms. The summed E-state index contributed by atoms with van der Waals surface area (Å²) < 4.78 is 5.38.